The largest absolute Gasteiger partial charge is 0.363 e. The van der Waals surface area contributed by atoms with Gasteiger partial charge in [0.15, 0.2) is 5.11 Å². The topological polar surface area (TPSA) is 33.1 Å². The third-order valence-electron chi connectivity index (χ3n) is 4.57. The highest BCUT2D eigenvalue weighted by molar-refractivity contribution is 7.80. The summed E-state index contributed by atoms with van der Waals surface area (Å²) in [5.41, 5.74) is 1.11. The average molecular weight is 407 g/mol. The lowest BCUT2D eigenvalue weighted by Crippen LogP contribution is -2.40. The second-order valence-electron chi connectivity index (χ2n) is 6.81. The minimum Gasteiger partial charge on any atom is -0.363 e. The molecule has 1 aromatic carbocycles. The fourth-order valence-electron chi connectivity index (χ4n) is 2.98. The van der Waals surface area contributed by atoms with Crippen molar-refractivity contribution in [2.75, 3.05) is 13.1 Å². The van der Waals surface area contributed by atoms with Gasteiger partial charge in [0.1, 0.15) is 0 Å². The highest BCUT2D eigenvalue weighted by Crippen LogP contribution is 2.17. The summed E-state index contributed by atoms with van der Waals surface area (Å²) >= 11 is 12.0. The number of imidazole rings is 1. The number of halogens is 1. The quantitative estimate of drug-likeness (QED) is 0.384. The summed E-state index contributed by atoms with van der Waals surface area (Å²) in [6.45, 7) is 5.71. The molecule has 0 amide bonds. The van der Waals surface area contributed by atoms with E-state index in [0.717, 1.165) is 54.7 Å². The molecule has 27 heavy (non-hydrogen) atoms. The van der Waals surface area contributed by atoms with E-state index < -0.39 is 0 Å². The molecule has 0 saturated carbocycles. The summed E-state index contributed by atoms with van der Waals surface area (Å²) in [6, 6.07) is 7.99. The second kappa shape index (κ2) is 12.7. The van der Waals surface area contributed by atoms with E-state index in [9.17, 15) is 0 Å². The average Bonchev–Trinajstić information content (AvgIpc) is 3.18. The number of nitrogens with one attached hydrogen (secondary N) is 1. The van der Waals surface area contributed by atoms with Crippen LogP contribution in [0.3, 0.4) is 0 Å². The van der Waals surface area contributed by atoms with Crippen molar-refractivity contribution in [3.8, 4) is 0 Å². The molecule has 0 radical (unpaired) electrons. The first kappa shape index (κ1) is 21.7. The molecule has 1 aromatic heterocycles. The van der Waals surface area contributed by atoms with Gasteiger partial charge in [-0.25, -0.2) is 4.98 Å². The number of unbranched alkanes of at least 4 members (excludes halogenated alkanes) is 4. The maximum atomic E-state index is 6.36. The van der Waals surface area contributed by atoms with Crippen LogP contribution < -0.4 is 5.32 Å². The molecular formula is C21H31ClN4S. The van der Waals surface area contributed by atoms with E-state index in [0.29, 0.717) is 0 Å². The maximum Gasteiger partial charge on any atom is 0.169 e. The minimum absolute atomic E-state index is 0.727. The summed E-state index contributed by atoms with van der Waals surface area (Å²) in [6.07, 6.45) is 13.0. The molecule has 0 spiro atoms. The van der Waals surface area contributed by atoms with E-state index in [-0.39, 0.29) is 0 Å². The standard InChI is InChI=1S/C21H31ClN4S/c1-2-3-4-5-8-12-24-21(27)26(15-9-14-25-16-13-23-18-25)17-19-10-6-7-11-20(19)22/h6-7,10-11,13,16,18H,2-5,8-9,12,14-15,17H2,1H3,(H,24,27). The molecule has 0 aliphatic rings. The Kier molecular flexibility index (Phi) is 10.2. The molecule has 0 aliphatic carbocycles. The van der Waals surface area contributed by atoms with Gasteiger partial charge in [-0.1, -0.05) is 62.4 Å². The molecule has 6 heteroatoms. The SMILES string of the molecule is CCCCCCCNC(=S)N(CCCn1ccnc1)Cc1ccccc1Cl. The van der Waals surface area contributed by atoms with Crippen LogP contribution in [0.15, 0.2) is 43.0 Å². The molecule has 0 atom stereocenters. The van der Waals surface area contributed by atoms with Gasteiger partial charge in [-0.05, 0) is 36.7 Å². The highest BCUT2D eigenvalue weighted by Gasteiger charge is 2.12. The van der Waals surface area contributed by atoms with Gasteiger partial charge in [0.2, 0.25) is 0 Å². The summed E-state index contributed by atoms with van der Waals surface area (Å²) in [4.78, 5) is 6.32. The number of hydrogen-bond donors (Lipinski definition) is 1. The van der Waals surface area contributed by atoms with Gasteiger partial charge in [-0.3, -0.25) is 0 Å². The number of aromatic nitrogens is 2. The van der Waals surface area contributed by atoms with Gasteiger partial charge in [0.05, 0.1) is 6.33 Å². The van der Waals surface area contributed by atoms with Crippen LogP contribution in [0.4, 0.5) is 0 Å². The molecule has 2 rings (SSSR count). The number of benzene rings is 1. The van der Waals surface area contributed by atoms with Crippen molar-refractivity contribution in [2.45, 2.75) is 58.5 Å². The van der Waals surface area contributed by atoms with Crippen LogP contribution in [-0.4, -0.2) is 32.7 Å². The normalized spacial score (nSPS) is 10.7. The van der Waals surface area contributed by atoms with E-state index in [1.807, 2.05) is 36.9 Å². The van der Waals surface area contributed by atoms with Crippen LogP contribution in [0.25, 0.3) is 0 Å². The number of rotatable bonds is 12. The Hall–Kier alpha value is -1.59. The first-order chi connectivity index (χ1) is 13.2. The lowest BCUT2D eigenvalue weighted by atomic mass is 10.1. The van der Waals surface area contributed by atoms with Crippen molar-refractivity contribution in [1.82, 2.24) is 19.8 Å². The molecular weight excluding hydrogens is 376 g/mol. The van der Waals surface area contributed by atoms with E-state index in [1.54, 1.807) is 0 Å². The number of nitrogens with zero attached hydrogens (tertiary/aromatic N) is 3. The van der Waals surface area contributed by atoms with Crippen LogP contribution in [0.1, 0.15) is 51.0 Å². The molecule has 148 valence electrons. The number of hydrogen-bond acceptors (Lipinski definition) is 2. The summed E-state index contributed by atoms with van der Waals surface area (Å²) in [5.74, 6) is 0. The fourth-order valence-corrected chi connectivity index (χ4v) is 3.44. The first-order valence-electron chi connectivity index (χ1n) is 9.92. The minimum atomic E-state index is 0.727. The monoisotopic (exact) mass is 406 g/mol. The molecule has 0 saturated heterocycles. The Morgan fingerprint density at radius 1 is 1.19 bits per heavy atom. The molecule has 2 aromatic rings. The Bertz CT molecular complexity index is 660. The third-order valence-corrected chi connectivity index (χ3v) is 5.34. The van der Waals surface area contributed by atoms with Crippen molar-refractivity contribution in [1.29, 1.82) is 0 Å². The van der Waals surface area contributed by atoms with Crippen molar-refractivity contribution >= 4 is 28.9 Å². The zero-order valence-corrected chi connectivity index (χ0v) is 17.8. The van der Waals surface area contributed by atoms with Gasteiger partial charge in [-0.15, -0.1) is 0 Å². The highest BCUT2D eigenvalue weighted by atomic mass is 35.5. The smallest absolute Gasteiger partial charge is 0.169 e. The Morgan fingerprint density at radius 2 is 2.00 bits per heavy atom. The predicted octanol–water partition coefficient (Wildman–Crippen LogP) is 5.27. The molecule has 4 nitrogen and oxygen atoms in total. The van der Waals surface area contributed by atoms with Gasteiger partial charge in [0, 0.05) is 43.6 Å². The zero-order valence-electron chi connectivity index (χ0n) is 16.2. The lowest BCUT2D eigenvalue weighted by molar-refractivity contribution is 0.384. The van der Waals surface area contributed by atoms with E-state index in [1.165, 1.54) is 25.7 Å². The molecule has 0 bridgehead atoms. The van der Waals surface area contributed by atoms with Gasteiger partial charge in [0.25, 0.3) is 0 Å². The Labute approximate surface area is 173 Å². The Morgan fingerprint density at radius 3 is 2.74 bits per heavy atom. The Balaban J connectivity index is 1.85. The molecule has 0 fully saturated rings. The fraction of sp³-hybridized carbons (Fsp3) is 0.524. The van der Waals surface area contributed by atoms with Gasteiger partial charge < -0.3 is 14.8 Å². The molecule has 1 N–H and O–H groups in total. The summed E-state index contributed by atoms with van der Waals surface area (Å²) in [5, 5.41) is 5.05. The van der Waals surface area contributed by atoms with Crippen LogP contribution in [0.5, 0.6) is 0 Å². The van der Waals surface area contributed by atoms with E-state index in [2.05, 4.69) is 32.8 Å². The van der Waals surface area contributed by atoms with E-state index in [4.69, 9.17) is 23.8 Å². The zero-order chi connectivity index (χ0) is 19.3. The molecule has 0 aliphatic heterocycles. The van der Waals surface area contributed by atoms with E-state index >= 15 is 0 Å². The van der Waals surface area contributed by atoms with Crippen molar-refractivity contribution in [3.05, 3.63) is 53.6 Å². The number of thiocarbonyl (C=S) groups is 1. The first-order valence-corrected chi connectivity index (χ1v) is 10.7. The maximum absolute atomic E-state index is 6.36. The molecule has 1 heterocycles. The van der Waals surface area contributed by atoms with Crippen molar-refractivity contribution < 1.29 is 0 Å². The lowest BCUT2D eigenvalue weighted by Gasteiger charge is -2.26. The van der Waals surface area contributed by atoms with Crippen molar-refractivity contribution in [2.24, 2.45) is 0 Å². The summed E-state index contributed by atoms with van der Waals surface area (Å²) in [7, 11) is 0. The number of aryl methyl sites for hydroxylation is 1. The summed E-state index contributed by atoms with van der Waals surface area (Å²) < 4.78 is 2.10. The third kappa shape index (κ3) is 8.31. The van der Waals surface area contributed by atoms with Crippen LogP contribution in [0, 0.1) is 0 Å². The predicted molar refractivity (Wildman–Crippen MR) is 118 cm³/mol. The second-order valence-corrected chi connectivity index (χ2v) is 7.61. The van der Waals surface area contributed by atoms with Gasteiger partial charge >= 0.3 is 0 Å². The van der Waals surface area contributed by atoms with Crippen LogP contribution in [0.2, 0.25) is 5.02 Å². The van der Waals surface area contributed by atoms with Crippen LogP contribution >= 0.6 is 23.8 Å². The molecule has 0 unspecified atom stereocenters. The van der Waals surface area contributed by atoms with Gasteiger partial charge in [-0.2, -0.15) is 0 Å². The van der Waals surface area contributed by atoms with Crippen molar-refractivity contribution in [3.63, 3.8) is 0 Å². The van der Waals surface area contributed by atoms with Crippen LogP contribution in [-0.2, 0) is 13.1 Å².